The monoisotopic (exact) mass is 465 g/mol. The van der Waals surface area contributed by atoms with Crippen LogP contribution < -0.4 is 0 Å². The van der Waals surface area contributed by atoms with E-state index in [4.69, 9.17) is 4.74 Å². The number of halogens is 1. The maximum Gasteiger partial charge on any atom is 0.415 e. The fourth-order valence-electron chi connectivity index (χ4n) is 4.33. The molecule has 0 spiro atoms. The smallest absolute Gasteiger partial charge is 0.415 e. The van der Waals surface area contributed by atoms with Crippen LogP contribution in [0.5, 0.6) is 0 Å². The standard InChI is InChI=1S/C24H36BrNO3/c1-17(2)26(18(3)4)23(28)29-16-20-10-8-6-7-9-15-24(20,5)22(27)19-11-13-21(25)14-12-19/h11-14,16-18,22,27H,6-10,15H2,1-5H3/b20-16+/t22-,24+/m1/s1. The van der Waals surface area contributed by atoms with Gasteiger partial charge < -0.3 is 14.7 Å². The number of hydrogen-bond donors (Lipinski definition) is 1. The summed E-state index contributed by atoms with van der Waals surface area (Å²) in [4.78, 5) is 14.4. The van der Waals surface area contributed by atoms with Gasteiger partial charge in [0, 0.05) is 22.0 Å². The van der Waals surface area contributed by atoms with Crippen LogP contribution >= 0.6 is 15.9 Å². The van der Waals surface area contributed by atoms with Gasteiger partial charge in [-0.3, -0.25) is 0 Å². The van der Waals surface area contributed by atoms with Gasteiger partial charge in [-0.1, -0.05) is 54.2 Å². The van der Waals surface area contributed by atoms with Crippen LogP contribution in [0.25, 0.3) is 0 Å². The van der Waals surface area contributed by atoms with Gasteiger partial charge in [-0.25, -0.2) is 4.79 Å². The minimum absolute atomic E-state index is 0.0676. The largest absolute Gasteiger partial charge is 0.418 e. The Hall–Kier alpha value is -1.33. The molecule has 1 aromatic rings. The number of nitrogens with zero attached hydrogens (tertiary/aromatic N) is 1. The van der Waals surface area contributed by atoms with Crippen LogP contribution in [0.4, 0.5) is 4.79 Å². The lowest BCUT2D eigenvalue weighted by Crippen LogP contribution is -2.42. The molecule has 1 N–H and O–H groups in total. The van der Waals surface area contributed by atoms with Gasteiger partial charge in [0.05, 0.1) is 12.4 Å². The normalized spacial score (nSPS) is 23.0. The second-order valence-corrected chi connectivity index (χ2v) is 9.82. The molecule has 0 saturated heterocycles. The van der Waals surface area contributed by atoms with Crippen LogP contribution in [0, 0.1) is 5.41 Å². The van der Waals surface area contributed by atoms with Crippen molar-refractivity contribution in [3.05, 3.63) is 46.1 Å². The highest BCUT2D eigenvalue weighted by Gasteiger charge is 2.38. The van der Waals surface area contributed by atoms with Crippen LogP contribution in [-0.2, 0) is 4.74 Å². The minimum Gasteiger partial charge on any atom is -0.418 e. The number of aliphatic hydroxyl groups is 1. The van der Waals surface area contributed by atoms with Crippen LogP contribution in [-0.4, -0.2) is 28.2 Å². The van der Waals surface area contributed by atoms with Gasteiger partial charge in [-0.15, -0.1) is 0 Å². The van der Waals surface area contributed by atoms with Crippen LogP contribution in [0.1, 0.15) is 84.8 Å². The lowest BCUT2D eigenvalue weighted by molar-refractivity contribution is 0.0454. The molecule has 0 radical (unpaired) electrons. The highest BCUT2D eigenvalue weighted by atomic mass is 79.9. The second-order valence-electron chi connectivity index (χ2n) is 8.91. The Morgan fingerprint density at radius 1 is 1.10 bits per heavy atom. The number of rotatable bonds is 5. The number of ether oxygens (including phenoxy) is 1. The number of carbonyl (C=O) groups excluding carboxylic acids is 1. The predicted octanol–water partition coefficient (Wildman–Crippen LogP) is 6.98. The van der Waals surface area contributed by atoms with Crippen molar-refractivity contribution >= 4 is 22.0 Å². The van der Waals surface area contributed by atoms with Gasteiger partial charge in [-0.2, -0.15) is 0 Å². The first-order valence-electron chi connectivity index (χ1n) is 10.8. The summed E-state index contributed by atoms with van der Waals surface area (Å²) in [7, 11) is 0. The molecular formula is C24H36BrNO3. The van der Waals surface area contributed by atoms with Gasteiger partial charge in [0.1, 0.15) is 0 Å². The van der Waals surface area contributed by atoms with Gasteiger partial charge in [0.25, 0.3) is 0 Å². The lowest BCUT2D eigenvalue weighted by atomic mass is 9.69. The Bertz CT molecular complexity index is 691. The fourth-order valence-corrected chi connectivity index (χ4v) is 4.59. The minimum atomic E-state index is -0.648. The van der Waals surface area contributed by atoms with E-state index in [1.165, 1.54) is 12.8 Å². The molecular weight excluding hydrogens is 430 g/mol. The molecule has 4 nitrogen and oxygen atoms in total. The zero-order valence-electron chi connectivity index (χ0n) is 18.5. The molecule has 1 aliphatic rings. The van der Waals surface area contributed by atoms with E-state index in [9.17, 15) is 9.90 Å². The van der Waals surface area contributed by atoms with Crippen molar-refractivity contribution in [2.45, 2.75) is 91.3 Å². The molecule has 1 amide bonds. The van der Waals surface area contributed by atoms with Crippen LogP contribution in [0.15, 0.2) is 40.6 Å². The Labute approximate surface area is 184 Å². The Balaban J connectivity index is 2.31. The van der Waals surface area contributed by atoms with Crippen molar-refractivity contribution in [1.29, 1.82) is 0 Å². The van der Waals surface area contributed by atoms with Crippen molar-refractivity contribution in [2.24, 2.45) is 5.41 Å². The summed E-state index contributed by atoms with van der Waals surface area (Å²) in [5.41, 5.74) is 1.45. The van der Waals surface area contributed by atoms with Crippen molar-refractivity contribution < 1.29 is 14.6 Å². The van der Waals surface area contributed by atoms with Crippen LogP contribution in [0.2, 0.25) is 0 Å². The molecule has 1 aromatic carbocycles. The van der Waals surface area contributed by atoms with E-state index in [0.29, 0.717) is 0 Å². The highest BCUT2D eigenvalue weighted by Crippen LogP contribution is 2.47. The first-order valence-corrected chi connectivity index (χ1v) is 11.6. The molecule has 162 valence electrons. The zero-order chi connectivity index (χ0) is 21.6. The Kier molecular flexibility index (Phi) is 8.77. The van der Waals surface area contributed by atoms with Crippen molar-refractivity contribution in [3.8, 4) is 0 Å². The van der Waals surface area contributed by atoms with Gasteiger partial charge in [0.15, 0.2) is 0 Å². The van der Waals surface area contributed by atoms with Gasteiger partial charge >= 0.3 is 6.09 Å². The molecule has 2 rings (SSSR count). The molecule has 0 aliphatic heterocycles. The van der Waals surface area contributed by atoms with Crippen molar-refractivity contribution in [1.82, 2.24) is 4.90 Å². The van der Waals surface area contributed by atoms with E-state index in [1.807, 2.05) is 52.0 Å². The quantitative estimate of drug-likeness (QED) is 0.476. The zero-order valence-corrected chi connectivity index (χ0v) is 20.0. The van der Waals surface area contributed by atoms with Gasteiger partial charge in [0.2, 0.25) is 0 Å². The molecule has 1 fully saturated rings. The molecule has 1 aliphatic carbocycles. The molecule has 0 heterocycles. The topological polar surface area (TPSA) is 49.8 Å². The van der Waals surface area contributed by atoms with Crippen molar-refractivity contribution in [2.75, 3.05) is 0 Å². The average Bonchev–Trinajstić information content (AvgIpc) is 2.64. The first kappa shape index (κ1) is 23.9. The number of carbonyl (C=O) groups is 1. The molecule has 29 heavy (non-hydrogen) atoms. The summed E-state index contributed by atoms with van der Waals surface area (Å²) in [6.45, 7) is 10.1. The molecule has 5 heteroatoms. The Morgan fingerprint density at radius 2 is 1.69 bits per heavy atom. The molecule has 0 bridgehead atoms. The molecule has 2 atom stereocenters. The van der Waals surface area contributed by atoms with E-state index >= 15 is 0 Å². The third-order valence-corrected chi connectivity index (χ3v) is 6.57. The first-order chi connectivity index (χ1) is 13.7. The average molecular weight is 466 g/mol. The summed E-state index contributed by atoms with van der Waals surface area (Å²) < 4.78 is 6.66. The second kappa shape index (κ2) is 10.6. The predicted molar refractivity (Wildman–Crippen MR) is 122 cm³/mol. The van der Waals surface area contributed by atoms with E-state index in [0.717, 1.165) is 41.3 Å². The summed E-state index contributed by atoms with van der Waals surface area (Å²) in [6.07, 6.45) is 6.79. The van der Waals surface area contributed by atoms with E-state index in [2.05, 4.69) is 22.9 Å². The number of aliphatic hydroxyl groups excluding tert-OH is 1. The van der Waals surface area contributed by atoms with E-state index in [1.54, 1.807) is 11.2 Å². The summed E-state index contributed by atoms with van der Waals surface area (Å²) in [5.74, 6) is 0. The van der Waals surface area contributed by atoms with Crippen molar-refractivity contribution in [3.63, 3.8) is 0 Å². The number of hydrogen-bond acceptors (Lipinski definition) is 3. The van der Waals surface area contributed by atoms with Crippen LogP contribution in [0.3, 0.4) is 0 Å². The van der Waals surface area contributed by atoms with E-state index < -0.39 is 11.5 Å². The highest BCUT2D eigenvalue weighted by molar-refractivity contribution is 9.10. The summed E-state index contributed by atoms with van der Waals surface area (Å²) in [5, 5.41) is 11.3. The maximum absolute atomic E-state index is 12.7. The molecule has 0 aromatic heterocycles. The molecule has 1 saturated carbocycles. The third kappa shape index (κ3) is 6.08. The number of benzene rings is 1. The fraction of sp³-hybridized carbons (Fsp3) is 0.625. The Morgan fingerprint density at radius 3 is 2.28 bits per heavy atom. The van der Waals surface area contributed by atoms with Gasteiger partial charge in [-0.05, 0) is 70.2 Å². The maximum atomic E-state index is 12.7. The lowest BCUT2D eigenvalue weighted by Gasteiger charge is -2.39. The third-order valence-electron chi connectivity index (χ3n) is 6.04. The molecule has 0 unspecified atom stereocenters. The summed E-state index contributed by atoms with van der Waals surface area (Å²) in [6, 6.07) is 7.97. The number of amides is 1. The van der Waals surface area contributed by atoms with E-state index in [-0.39, 0.29) is 18.2 Å². The summed E-state index contributed by atoms with van der Waals surface area (Å²) >= 11 is 3.46. The SMILES string of the molecule is CC(C)N(C(=O)O/C=C1\CCCCCC[C@]1(C)[C@H](O)c1ccc(Br)cc1)C(C)C.